The Labute approximate surface area is 100 Å². The molecule has 0 radical (unpaired) electrons. The first-order valence-corrected chi connectivity index (χ1v) is 6.14. The van der Waals surface area contributed by atoms with Crippen LogP contribution in [0.2, 0.25) is 0 Å². The van der Waals surface area contributed by atoms with E-state index in [9.17, 15) is 4.79 Å². The molecule has 0 amide bonds. The Hall–Kier alpha value is -1.40. The number of carbonyl (C=O) groups is 1. The molecule has 4 nitrogen and oxygen atoms in total. The van der Waals surface area contributed by atoms with Crippen LogP contribution in [0, 0.1) is 6.92 Å². The van der Waals surface area contributed by atoms with Crippen LogP contribution in [0.5, 0.6) is 0 Å². The number of hydrogen-bond acceptors (Lipinski definition) is 5. The summed E-state index contributed by atoms with van der Waals surface area (Å²) in [7, 11) is 0. The molecule has 16 heavy (non-hydrogen) atoms. The maximum absolute atomic E-state index is 10.7. The van der Waals surface area contributed by atoms with Gasteiger partial charge in [0.05, 0.1) is 6.20 Å². The molecule has 2 heterocycles. The maximum Gasteiger partial charge on any atom is 0.345 e. The largest absolute Gasteiger partial charge is 0.477 e. The quantitative estimate of drug-likeness (QED) is 0.910. The van der Waals surface area contributed by atoms with Crippen LogP contribution >= 0.6 is 23.1 Å². The van der Waals surface area contributed by atoms with Gasteiger partial charge < -0.3 is 5.11 Å². The number of aromatic nitrogens is 2. The topological polar surface area (TPSA) is 63.1 Å². The van der Waals surface area contributed by atoms with E-state index in [0.29, 0.717) is 4.88 Å². The van der Waals surface area contributed by atoms with Gasteiger partial charge in [-0.1, -0.05) is 11.8 Å². The van der Waals surface area contributed by atoms with Crippen LogP contribution in [0.3, 0.4) is 0 Å². The number of nitrogens with zero attached hydrogens (tertiary/aromatic N) is 2. The second kappa shape index (κ2) is 4.63. The van der Waals surface area contributed by atoms with Gasteiger partial charge >= 0.3 is 5.97 Å². The van der Waals surface area contributed by atoms with Gasteiger partial charge in [-0.3, -0.25) is 0 Å². The minimum atomic E-state index is -0.896. The minimum Gasteiger partial charge on any atom is -0.477 e. The lowest BCUT2D eigenvalue weighted by Gasteiger charge is -1.96. The van der Waals surface area contributed by atoms with Gasteiger partial charge in [0.15, 0.2) is 0 Å². The third-order valence-electron chi connectivity index (χ3n) is 1.78. The van der Waals surface area contributed by atoms with E-state index < -0.39 is 5.97 Å². The molecule has 6 heteroatoms. The number of rotatable bonds is 3. The first-order chi connectivity index (χ1) is 7.65. The van der Waals surface area contributed by atoms with Crippen molar-refractivity contribution in [3.05, 3.63) is 34.2 Å². The summed E-state index contributed by atoms with van der Waals surface area (Å²) in [4.78, 5) is 11.9. The number of aromatic carboxylic acids is 1. The summed E-state index contributed by atoms with van der Waals surface area (Å²) in [6.45, 7) is 1.94. The normalized spacial score (nSPS) is 10.3. The molecular formula is C10H8N2O2S2. The van der Waals surface area contributed by atoms with Gasteiger partial charge in [-0.2, -0.15) is 5.10 Å². The van der Waals surface area contributed by atoms with Gasteiger partial charge in [-0.05, 0) is 24.6 Å². The molecule has 0 spiro atoms. The van der Waals surface area contributed by atoms with Crippen molar-refractivity contribution >= 4 is 29.1 Å². The fourth-order valence-electron chi connectivity index (χ4n) is 1.09. The Bertz CT molecular complexity index is 525. The molecule has 2 aromatic rings. The molecular weight excluding hydrogens is 244 g/mol. The van der Waals surface area contributed by atoms with Crippen LogP contribution in [0.15, 0.2) is 33.6 Å². The minimum absolute atomic E-state index is 0.336. The van der Waals surface area contributed by atoms with Crippen LogP contribution in [0.25, 0.3) is 0 Å². The predicted molar refractivity (Wildman–Crippen MR) is 62.2 cm³/mol. The average Bonchev–Trinajstić information content (AvgIpc) is 2.66. The SMILES string of the molecule is Cc1cnnc(Sc2csc(C(=O)O)c2)c1. The second-order valence-electron chi connectivity index (χ2n) is 3.13. The zero-order valence-corrected chi connectivity index (χ0v) is 10.0. The molecule has 0 aliphatic heterocycles. The van der Waals surface area contributed by atoms with Gasteiger partial charge in [0.2, 0.25) is 0 Å². The molecule has 0 atom stereocenters. The van der Waals surface area contributed by atoms with E-state index in [1.54, 1.807) is 17.6 Å². The Morgan fingerprint density at radius 1 is 1.50 bits per heavy atom. The zero-order valence-electron chi connectivity index (χ0n) is 8.38. The first-order valence-electron chi connectivity index (χ1n) is 4.44. The highest BCUT2D eigenvalue weighted by molar-refractivity contribution is 7.99. The molecule has 1 N–H and O–H groups in total. The van der Waals surface area contributed by atoms with E-state index in [1.165, 1.54) is 23.1 Å². The Morgan fingerprint density at radius 3 is 2.94 bits per heavy atom. The molecule has 0 fully saturated rings. The number of hydrogen-bond donors (Lipinski definition) is 1. The lowest BCUT2D eigenvalue weighted by atomic mass is 10.4. The fourth-order valence-corrected chi connectivity index (χ4v) is 2.86. The smallest absolute Gasteiger partial charge is 0.345 e. The summed E-state index contributed by atoms with van der Waals surface area (Å²) < 4.78 is 0. The number of carboxylic acids is 1. The molecule has 0 unspecified atom stereocenters. The summed E-state index contributed by atoms with van der Waals surface area (Å²) in [5.41, 5.74) is 1.03. The molecule has 0 saturated heterocycles. The molecule has 0 saturated carbocycles. The van der Waals surface area contributed by atoms with Gasteiger partial charge in [0, 0.05) is 10.3 Å². The van der Waals surface area contributed by atoms with Crippen molar-refractivity contribution in [1.29, 1.82) is 0 Å². The second-order valence-corrected chi connectivity index (χ2v) is 5.13. The Morgan fingerprint density at radius 2 is 2.31 bits per heavy atom. The average molecular weight is 252 g/mol. The van der Waals surface area contributed by atoms with Crippen molar-refractivity contribution in [3.8, 4) is 0 Å². The lowest BCUT2D eigenvalue weighted by Crippen LogP contribution is -1.90. The van der Waals surface area contributed by atoms with Crippen molar-refractivity contribution in [2.45, 2.75) is 16.8 Å². The number of thiophene rings is 1. The van der Waals surface area contributed by atoms with E-state index in [1.807, 2.05) is 13.0 Å². The maximum atomic E-state index is 10.7. The van der Waals surface area contributed by atoms with Crippen LogP contribution in [-0.2, 0) is 0 Å². The van der Waals surface area contributed by atoms with Crippen molar-refractivity contribution in [2.75, 3.05) is 0 Å². The van der Waals surface area contributed by atoms with E-state index in [-0.39, 0.29) is 0 Å². The summed E-state index contributed by atoms with van der Waals surface area (Å²) in [6.07, 6.45) is 1.68. The lowest BCUT2D eigenvalue weighted by molar-refractivity contribution is 0.0702. The summed E-state index contributed by atoms with van der Waals surface area (Å²) >= 11 is 2.63. The highest BCUT2D eigenvalue weighted by Gasteiger charge is 2.08. The molecule has 2 aromatic heterocycles. The fraction of sp³-hybridized carbons (Fsp3) is 0.100. The third-order valence-corrected chi connectivity index (χ3v) is 3.72. The monoisotopic (exact) mass is 252 g/mol. The molecule has 82 valence electrons. The summed E-state index contributed by atoms with van der Waals surface area (Å²) in [6, 6.07) is 3.55. The highest BCUT2D eigenvalue weighted by atomic mass is 32.2. The summed E-state index contributed by atoms with van der Waals surface area (Å²) in [5, 5.41) is 19.2. The van der Waals surface area contributed by atoms with Crippen LogP contribution in [0.1, 0.15) is 15.2 Å². The highest BCUT2D eigenvalue weighted by Crippen LogP contribution is 2.30. The van der Waals surface area contributed by atoms with Crippen molar-refractivity contribution in [1.82, 2.24) is 10.2 Å². The Kier molecular flexibility index (Phi) is 3.21. The summed E-state index contributed by atoms with van der Waals surface area (Å²) in [5.74, 6) is -0.896. The predicted octanol–water partition coefficient (Wildman–Crippen LogP) is 2.70. The van der Waals surface area contributed by atoms with Crippen LogP contribution in [0.4, 0.5) is 0 Å². The molecule has 0 aliphatic rings. The Balaban J connectivity index is 2.17. The zero-order chi connectivity index (χ0) is 11.5. The first kappa shape index (κ1) is 11.1. The van der Waals surface area contributed by atoms with Crippen LogP contribution < -0.4 is 0 Å². The third kappa shape index (κ3) is 2.59. The standard InChI is InChI=1S/C10H8N2O2S2/c1-6-2-9(12-11-4-6)16-7-3-8(10(13)14)15-5-7/h2-5H,1H3,(H,13,14). The van der Waals surface area contributed by atoms with Gasteiger partial charge in [0.25, 0.3) is 0 Å². The van der Waals surface area contributed by atoms with Gasteiger partial charge in [0.1, 0.15) is 9.90 Å². The van der Waals surface area contributed by atoms with E-state index in [2.05, 4.69) is 10.2 Å². The van der Waals surface area contributed by atoms with E-state index >= 15 is 0 Å². The van der Waals surface area contributed by atoms with Gasteiger partial charge in [-0.15, -0.1) is 16.4 Å². The van der Waals surface area contributed by atoms with E-state index in [0.717, 1.165) is 15.5 Å². The van der Waals surface area contributed by atoms with Crippen LogP contribution in [-0.4, -0.2) is 21.3 Å². The number of aryl methyl sites for hydroxylation is 1. The molecule has 2 rings (SSSR count). The molecule has 0 aromatic carbocycles. The molecule has 0 bridgehead atoms. The van der Waals surface area contributed by atoms with E-state index in [4.69, 9.17) is 5.11 Å². The van der Waals surface area contributed by atoms with Gasteiger partial charge in [-0.25, -0.2) is 4.79 Å². The molecule has 0 aliphatic carbocycles. The van der Waals surface area contributed by atoms with Crippen molar-refractivity contribution in [2.24, 2.45) is 0 Å². The van der Waals surface area contributed by atoms with Crippen molar-refractivity contribution in [3.63, 3.8) is 0 Å². The number of carboxylic acid groups (broad SMARTS) is 1. The van der Waals surface area contributed by atoms with Crippen molar-refractivity contribution < 1.29 is 9.90 Å².